The summed E-state index contributed by atoms with van der Waals surface area (Å²) < 4.78 is 7.43. The molecule has 0 radical (unpaired) electrons. The van der Waals surface area contributed by atoms with Crippen LogP contribution in [-0.2, 0) is 6.54 Å². The van der Waals surface area contributed by atoms with Crippen LogP contribution in [0, 0.1) is 0 Å². The van der Waals surface area contributed by atoms with Gasteiger partial charge in [0.1, 0.15) is 12.4 Å². The zero-order valence-corrected chi connectivity index (χ0v) is 11.7. The lowest BCUT2D eigenvalue weighted by Crippen LogP contribution is -2.06. The second-order valence-electron chi connectivity index (χ2n) is 3.09. The zero-order chi connectivity index (χ0) is 11.3. The summed E-state index contributed by atoms with van der Waals surface area (Å²) in [6.07, 6.45) is 0. The number of hydrogen-bond acceptors (Lipinski definition) is 2. The van der Waals surface area contributed by atoms with Crippen molar-refractivity contribution in [2.75, 3.05) is 13.7 Å². The van der Waals surface area contributed by atoms with E-state index >= 15 is 0 Å². The van der Waals surface area contributed by atoms with Crippen molar-refractivity contribution < 1.29 is 4.74 Å². The summed E-state index contributed by atoms with van der Waals surface area (Å²) in [7, 11) is 1.92. The Morgan fingerprint density at radius 1 is 1.53 bits per heavy atom. The second-order valence-corrected chi connectivity index (χ2v) is 5.07. The molecule has 0 fully saturated rings. The van der Waals surface area contributed by atoms with Crippen LogP contribution >= 0.6 is 31.9 Å². The monoisotopic (exact) mass is 333 g/mol. The molecule has 0 aliphatic heterocycles. The van der Waals surface area contributed by atoms with Crippen LogP contribution in [0.1, 0.15) is 5.56 Å². The molecule has 1 N–H and O–H groups in total. The lowest BCUT2D eigenvalue weighted by molar-refractivity contribution is 0.360. The van der Waals surface area contributed by atoms with E-state index in [1.165, 1.54) is 5.56 Å². The summed E-state index contributed by atoms with van der Waals surface area (Å²) in [5.41, 5.74) is 1.18. The first-order valence-corrected chi connectivity index (χ1v) is 6.11. The Hall–Kier alpha value is -0.320. The van der Waals surface area contributed by atoms with E-state index in [1.54, 1.807) is 0 Å². The van der Waals surface area contributed by atoms with E-state index < -0.39 is 0 Å². The molecule has 4 heteroatoms. The molecule has 0 saturated carbocycles. The Balaban J connectivity index is 2.73. The number of hydrogen-bond donors (Lipinski definition) is 1. The number of benzene rings is 1. The summed E-state index contributed by atoms with van der Waals surface area (Å²) in [5, 5.41) is 3.10. The highest BCUT2D eigenvalue weighted by Gasteiger charge is 2.01. The van der Waals surface area contributed by atoms with Gasteiger partial charge in [-0.2, -0.15) is 0 Å². The van der Waals surface area contributed by atoms with Gasteiger partial charge in [-0.3, -0.25) is 0 Å². The first-order valence-electron chi connectivity index (χ1n) is 4.52. The first kappa shape index (κ1) is 12.7. The number of halogens is 2. The van der Waals surface area contributed by atoms with Crippen molar-refractivity contribution in [3.63, 3.8) is 0 Å². The normalized spacial score (nSPS) is 10.1. The van der Waals surface area contributed by atoms with E-state index in [4.69, 9.17) is 4.74 Å². The van der Waals surface area contributed by atoms with Gasteiger partial charge in [-0.25, -0.2) is 0 Å². The van der Waals surface area contributed by atoms with E-state index in [1.807, 2.05) is 25.2 Å². The van der Waals surface area contributed by atoms with Crippen LogP contribution < -0.4 is 10.1 Å². The Labute approximate surface area is 107 Å². The largest absolute Gasteiger partial charge is 0.488 e. The summed E-state index contributed by atoms with van der Waals surface area (Å²) in [6, 6.07) is 5.93. The minimum atomic E-state index is 0.487. The van der Waals surface area contributed by atoms with Crippen LogP contribution in [0.5, 0.6) is 5.75 Å². The van der Waals surface area contributed by atoms with Crippen LogP contribution in [0.15, 0.2) is 33.7 Å². The number of ether oxygens (including phenoxy) is 1. The van der Waals surface area contributed by atoms with Crippen LogP contribution in [0.4, 0.5) is 0 Å². The molecule has 0 bridgehead atoms. The van der Waals surface area contributed by atoms with Gasteiger partial charge in [-0.15, -0.1) is 0 Å². The van der Waals surface area contributed by atoms with Crippen molar-refractivity contribution in [3.05, 3.63) is 39.3 Å². The topological polar surface area (TPSA) is 21.3 Å². The molecule has 0 heterocycles. The highest BCUT2D eigenvalue weighted by molar-refractivity contribution is 9.11. The molecule has 0 spiro atoms. The molecule has 0 aliphatic carbocycles. The Bertz CT molecular complexity index is 352. The lowest BCUT2D eigenvalue weighted by atomic mass is 10.2. The predicted octanol–water partition coefficient (Wildman–Crippen LogP) is 3.46. The summed E-state index contributed by atoms with van der Waals surface area (Å²) >= 11 is 6.74. The highest BCUT2D eigenvalue weighted by atomic mass is 79.9. The van der Waals surface area contributed by atoms with Gasteiger partial charge < -0.3 is 10.1 Å². The molecule has 0 unspecified atom stereocenters. The van der Waals surface area contributed by atoms with Crippen molar-refractivity contribution >= 4 is 31.9 Å². The molecule has 1 aromatic carbocycles. The van der Waals surface area contributed by atoms with Crippen molar-refractivity contribution in [3.8, 4) is 5.75 Å². The summed E-state index contributed by atoms with van der Waals surface area (Å²) in [4.78, 5) is 0. The molecule has 2 nitrogen and oxygen atoms in total. The van der Waals surface area contributed by atoms with Crippen molar-refractivity contribution in [1.29, 1.82) is 0 Å². The molecule has 0 aliphatic rings. The molecule has 1 aromatic rings. The molecule has 1 rings (SSSR count). The van der Waals surface area contributed by atoms with E-state index in [9.17, 15) is 0 Å². The Morgan fingerprint density at radius 3 is 2.87 bits per heavy atom. The fraction of sp³-hybridized carbons (Fsp3) is 0.273. The van der Waals surface area contributed by atoms with Gasteiger partial charge in [0.15, 0.2) is 0 Å². The number of rotatable bonds is 5. The second kappa shape index (κ2) is 6.30. The maximum absolute atomic E-state index is 5.51. The molecule has 0 aromatic heterocycles. The maximum atomic E-state index is 5.51. The minimum Gasteiger partial charge on any atom is -0.488 e. The predicted molar refractivity (Wildman–Crippen MR) is 70.5 cm³/mol. The summed E-state index contributed by atoms with van der Waals surface area (Å²) in [6.45, 7) is 5.02. The van der Waals surface area contributed by atoms with Crippen molar-refractivity contribution in [1.82, 2.24) is 5.32 Å². The molecule has 0 saturated heterocycles. The van der Waals surface area contributed by atoms with Gasteiger partial charge in [-0.05, 0) is 30.8 Å². The third-order valence-corrected chi connectivity index (χ3v) is 2.78. The Morgan fingerprint density at radius 2 is 2.27 bits per heavy atom. The molecule has 82 valence electrons. The molecular weight excluding hydrogens is 322 g/mol. The standard InChI is InChI=1S/C11H13Br2NO/c1-8(12)7-15-10-3-4-11(13)9(5-10)6-14-2/h3-5,14H,1,6-7H2,2H3. The maximum Gasteiger partial charge on any atom is 0.120 e. The average Bonchev–Trinajstić information content (AvgIpc) is 2.19. The fourth-order valence-electron chi connectivity index (χ4n) is 1.13. The SMILES string of the molecule is C=C(Br)COc1ccc(Br)c(CNC)c1. The van der Waals surface area contributed by atoms with Gasteiger partial charge in [0.05, 0.1) is 0 Å². The van der Waals surface area contributed by atoms with Gasteiger partial charge in [0.2, 0.25) is 0 Å². The van der Waals surface area contributed by atoms with E-state index in [0.717, 1.165) is 21.2 Å². The average molecular weight is 335 g/mol. The smallest absolute Gasteiger partial charge is 0.120 e. The van der Waals surface area contributed by atoms with Crippen molar-refractivity contribution in [2.24, 2.45) is 0 Å². The highest BCUT2D eigenvalue weighted by Crippen LogP contribution is 2.23. The van der Waals surface area contributed by atoms with Gasteiger partial charge in [-0.1, -0.05) is 38.4 Å². The van der Waals surface area contributed by atoms with Gasteiger partial charge in [0, 0.05) is 15.5 Å². The van der Waals surface area contributed by atoms with Gasteiger partial charge in [0.25, 0.3) is 0 Å². The van der Waals surface area contributed by atoms with Crippen molar-refractivity contribution in [2.45, 2.75) is 6.54 Å². The first-order chi connectivity index (χ1) is 7.13. The summed E-state index contributed by atoms with van der Waals surface area (Å²) in [5.74, 6) is 0.851. The lowest BCUT2D eigenvalue weighted by Gasteiger charge is -2.08. The van der Waals surface area contributed by atoms with Crippen LogP contribution in [0.25, 0.3) is 0 Å². The molecular formula is C11H13Br2NO. The fourth-order valence-corrected chi connectivity index (χ4v) is 1.63. The van der Waals surface area contributed by atoms with Gasteiger partial charge >= 0.3 is 0 Å². The quantitative estimate of drug-likeness (QED) is 0.890. The van der Waals surface area contributed by atoms with E-state index in [0.29, 0.717) is 6.61 Å². The number of nitrogens with one attached hydrogen (secondary N) is 1. The minimum absolute atomic E-state index is 0.487. The molecule has 0 amide bonds. The van der Waals surface area contributed by atoms with E-state index in [2.05, 4.69) is 43.8 Å². The van der Waals surface area contributed by atoms with E-state index in [-0.39, 0.29) is 0 Å². The van der Waals surface area contributed by atoms with Crippen LogP contribution in [-0.4, -0.2) is 13.7 Å². The third-order valence-electron chi connectivity index (χ3n) is 1.78. The molecule has 15 heavy (non-hydrogen) atoms. The van der Waals surface area contributed by atoms with Crippen LogP contribution in [0.3, 0.4) is 0 Å². The third kappa shape index (κ3) is 4.36. The Kier molecular flexibility index (Phi) is 5.36. The molecule has 0 atom stereocenters. The van der Waals surface area contributed by atoms with Crippen LogP contribution in [0.2, 0.25) is 0 Å². The zero-order valence-electron chi connectivity index (χ0n) is 8.52.